The summed E-state index contributed by atoms with van der Waals surface area (Å²) < 4.78 is 1.68. The van der Waals surface area contributed by atoms with Crippen LogP contribution in [0.4, 0.5) is 0 Å². The number of imidazole rings is 1. The molecule has 5 heteroatoms. The van der Waals surface area contributed by atoms with Crippen LogP contribution in [-0.2, 0) is 0 Å². The molecule has 3 aromatic rings. The Morgan fingerprint density at radius 1 is 1.11 bits per heavy atom. The van der Waals surface area contributed by atoms with Crippen LogP contribution in [-0.4, -0.2) is 25.7 Å². The summed E-state index contributed by atoms with van der Waals surface area (Å²) in [5, 5.41) is 13.2. The van der Waals surface area contributed by atoms with Crippen molar-refractivity contribution >= 4 is 11.6 Å². The molecule has 0 aliphatic rings. The summed E-state index contributed by atoms with van der Waals surface area (Å²) in [6.07, 6.45) is 3.45. The molecule has 0 saturated carbocycles. The van der Waals surface area contributed by atoms with Crippen molar-refractivity contribution in [2.24, 2.45) is 0 Å². The molecule has 0 amide bonds. The average molecular weight is 239 g/mol. The van der Waals surface area contributed by atoms with Gasteiger partial charge in [-0.3, -0.25) is 0 Å². The topological polar surface area (TPSA) is 67.5 Å². The third-order valence-electron chi connectivity index (χ3n) is 2.68. The fraction of sp³-hybridized carbons (Fsp3) is 0. The van der Waals surface area contributed by atoms with Gasteiger partial charge in [0.2, 0.25) is 0 Å². The van der Waals surface area contributed by atoms with Crippen molar-refractivity contribution in [3.63, 3.8) is 0 Å². The number of hydrogen-bond acceptors (Lipinski definition) is 3. The van der Waals surface area contributed by atoms with E-state index in [0.717, 1.165) is 16.9 Å². The molecule has 0 aliphatic carbocycles. The third kappa shape index (κ3) is 1.71. The Balaban J connectivity index is 2.05. The van der Waals surface area contributed by atoms with Gasteiger partial charge in [-0.2, -0.15) is 5.10 Å². The fourth-order valence-electron chi connectivity index (χ4n) is 1.75. The summed E-state index contributed by atoms with van der Waals surface area (Å²) in [6.45, 7) is 0. The van der Waals surface area contributed by atoms with Crippen LogP contribution in [0.25, 0.3) is 16.9 Å². The van der Waals surface area contributed by atoms with E-state index in [-0.39, 0.29) is 5.56 Å². The van der Waals surface area contributed by atoms with E-state index in [4.69, 9.17) is 5.11 Å². The number of carboxylic acid groups (broad SMARTS) is 1. The van der Waals surface area contributed by atoms with Gasteiger partial charge in [-0.25, -0.2) is 14.3 Å². The van der Waals surface area contributed by atoms with E-state index in [1.807, 2.05) is 12.1 Å². The summed E-state index contributed by atoms with van der Waals surface area (Å²) in [5.74, 6) is -0.931. The van der Waals surface area contributed by atoms with E-state index < -0.39 is 5.97 Å². The maximum Gasteiger partial charge on any atom is 0.335 e. The largest absolute Gasteiger partial charge is 0.478 e. The zero-order valence-electron chi connectivity index (χ0n) is 9.32. The van der Waals surface area contributed by atoms with Crippen LogP contribution < -0.4 is 0 Å². The fourth-order valence-corrected chi connectivity index (χ4v) is 1.75. The van der Waals surface area contributed by atoms with E-state index in [2.05, 4.69) is 10.1 Å². The number of carbonyl (C=O) groups is 1. The predicted molar refractivity (Wildman–Crippen MR) is 65.4 cm³/mol. The van der Waals surface area contributed by atoms with Crippen molar-refractivity contribution in [2.45, 2.75) is 0 Å². The molecule has 3 rings (SSSR count). The van der Waals surface area contributed by atoms with E-state index in [1.54, 1.807) is 41.2 Å². The molecule has 18 heavy (non-hydrogen) atoms. The molecule has 0 aliphatic heterocycles. The van der Waals surface area contributed by atoms with Gasteiger partial charge in [0.1, 0.15) is 0 Å². The van der Waals surface area contributed by atoms with Crippen LogP contribution in [0, 0.1) is 0 Å². The van der Waals surface area contributed by atoms with Crippen molar-refractivity contribution in [2.75, 3.05) is 0 Å². The minimum absolute atomic E-state index is 0.266. The molecule has 88 valence electrons. The van der Waals surface area contributed by atoms with Gasteiger partial charge in [-0.15, -0.1) is 0 Å². The maximum atomic E-state index is 10.8. The second-order valence-corrected chi connectivity index (χ2v) is 3.83. The number of benzene rings is 1. The van der Waals surface area contributed by atoms with Crippen LogP contribution in [0.1, 0.15) is 10.4 Å². The van der Waals surface area contributed by atoms with Crippen LogP contribution >= 0.6 is 0 Å². The highest BCUT2D eigenvalue weighted by atomic mass is 16.4. The first kappa shape index (κ1) is 10.5. The Labute approximate surface area is 102 Å². The van der Waals surface area contributed by atoms with Gasteiger partial charge in [-0.1, -0.05) is 12.1 Å². The minimum atomic E-state index is -0.931. The lowest BCUT2D eigenvalue weighted by atomic mass is 10.1. The first-order valence-corrected chi connectivity index (χ1v) is 5.38. The zero-order valence-corrected chi connectivity index (χ0v) is 9.32. The molecule has 0 fully saturated rings. The summed E-state index contributed by atoms with van der Waals surface area (Å²) in [5.41, 5.74) is 2.69. The maximum absolute atomic E-state index is 10.8. The summed E-state index contributed by atoms with van der Waals surface area (Å²) in [6, 6.07) is 10.4. The zero-order chi connectivity index (χ0) is 12.5. The number of aromatic nitrogens is 3. The number of carboxylic acids is 1. The van der Waals surface area contributed by atoms with Crippen molar-refractivity contribution in [1.82, 2.24) is 14.6 Å². The number of rotatable bonds is 2. The van der Waals surface area contributed by atoms with Crippen LogP contribution in [0.15, 0.2) is 48.8 Å². The molecular weight excluding hydrogens is 230 g/mol. The van der Waals surface area contributed by atoms with E-state index in [0.29, 0.717) is 0 Å². The van der Waals surface area contributed by atoms with Gasteiger partial charge in [-0.05, 0) is 24.3 Å². The van der Waals surface area contributed by atoms with Crippen molar-refractivity contribution in [3.05, 3.63) is 54.4 Å². The molecule has 0 unspecified atom stereocenters. The van der Waals surface area contributed by atoms with Crippen LogP contribution in [0.3, 0.4) is 0 Å². The summed E-state index contributed by atoms with van der Waals surface area (Å²) >= 11 is 0. The Morgan fingerprint density at radius 2 is 1.89 bits per heavy atom. The smallest absolute Gasteiger partial charge is 0.335 e. The molecule has 2 heterocycles. The Bertz CT molecular complexity index is 716. The molecule has 1 aromatic carbocycles. The second kappa shape index (κ2) is 3.96. The molecular formula is C13H9N3O2. The van der Waals surface area contributed by atoms with Crippen molar-refractivity contribution in [3.8, 4) is 11.3 Å². The number of aromatic carboxylic acids is 1. The van der Waals surface area contributed by atoms with Gasteiger partial charge in [0.25, 0.3) is 0 Å². The average Bonchev–Trinajstić information content (AvgIpc) is 2.86. The summed E-state index contributed by atoms with van der Waals surface area (Å²) in [4.78, 5) is 14.9. The predicted octanol–water partition coefficient (Wildman–Crippen LogP) is 2.09. The van der Waals surface area contributed by atoms with E-state index in [1.165, 1.54) is 0 Å². The molecule has 0 atom stereocenters. The molecule has 0 bridgehead atoms. The highest BCUT2D eigenvalue weighted by Gasteiger charge is 2.05. The van der Waals surface area contributed by atoms with Gasteiger partial charge in [0.15, 0.2) is 5.65 Å². The van der Waals surface area contributed by atoms with Crippen LogP contribution in [0.2, 0.25) is 0 Å². The van der Waals surface area contributed by atoms with Gasteiger partial charge >= 0.3 is 5.97 Å². The van der Waals surface area contributed by atoms with Gasteiger partial charge < -0.3 is 5.11 Å². The molecule has 0 radical (unpaired) electrons. The normalized spacial score (nSPS) is 10.7. The quantitative estimate of drug-likeness (QED) is 0.743. The molecule has 0 saturated heterocycles. The van der Waals surface area contributed by atoms with Gasteiger partial charge in [0.05, 0.1) is 11.3 Å². The first-order chi connectivity index (χ1) is 8.74. The third-order valence-corrected chi connectivity index (χ3v) is 2.68. The lowest BCUT2D eigenvalue weighted by Crippen LogP contribution is -1.96. The highest BCUT2D eigenvalue weighted by Crippen LogP contribution is 2.17. The minimum Gasteiger partial charge on any atom is -0.478 e. The molecule has 5 nitrogen and oxygen atoms in total. The number of nitrogens with zero attached hydrogens (tertiary/aromatic N) is 3. The van der Waals surface area contributed by atoms with Gasteiger partial charge in [0, 0.05) is 18.0 Å². The Kier molecular flexibility index (Phi) is 2.30. The monoisotopic (exact) mass is 239 g/mol. The second-order valence-electron chi connectivity index (χ2n) is 3.83. The molecule has 0 spiro atoms. The highest BCUT2D eigenvalue weighted by molar-refractivity contribution is 5.88. The lowest BCUT2D eigenvalue weighted by molar-refractivity contribution is 0.0697. The SMILES string of the molecule is O=C(O)c1ccc(-c2ccc3nccn3n2)cc1. The number of fused-ring (bicyclic) bond motifs is 1. The molecule has 1 N–H and O–H groups in total. The van der Waals surface area contributed by atoms with E-state index >= 15 is 0 Å². The molecule has 2 aromatic heterocycles. The van der Waals surface area contributed by atoms with Crippen LogP contribution in [0.5, 0.6) is 0 Å². The lowest BCUT2D eigenvalue weighted by Gasteiger charge is -2.02. The number of hydrogen-bond donors (Lipinski definition) is 1. The summed E-state index contributed by atoms with van der Waals surface area (Å²) in [7, 11) is 0. The van der Waals surface area contributed by atoms with Crippen molar-refractivity contribution in [1.29, 1.82) is 0 Å². The first-order valence-electron chi connectivity index (χ1n) is 5.38. The van der Waals surface area contributed by atoms with Crippen molar-refractivity contribution < 1.29 is 9.90 Å². The Morgan fingerprint density at radius 3 is 2.61 bits per heavy atom. The standard InChI is InChI=1S/C13H9N3O2/c17-13(18)10-3-1-9(2-4-10)11-5-6-12-14-7-8-16(12)15-11/h1-8H,(H,17,18). The van der Waals surface area contributed by atoms with E-state index in [9.17, 15) is 4.79 Å². The Hall–Kier alpha value is -2.69.